The molecule has 2 aromatic heterocycles. The highest BCUT2D eigenvalue weighted by Crippen LogP contribution is 2.34. The highest BCUT2D eigenvalue weighted by atomic mass is 19.1. The first-order chi connectivity index (χ1) is 15.6. The Labute approximate surface area is 184 Å². The molecular weight excluding hydrogens is 407 g/mol. The van der Waals surface area contributed by atoms with Crippen molar-refractivity contribution in [3.8, 4) is 33.9 Å². The van der Waals surface area contributed by atoms with Crippen LogP contribution in [0.4, 0.5) is 4.39 Å². The van der Waals surface area contributed by atoms with Crippen LogP contribution in [-0.4, -0.2) is 27.1 Å². The SMILES string of the molecule is Cc1onc(-c2ccc(F)cc2)c1-c1c[nH]c(-c2ccc(C(=O)NC3CCCC3)cc2)n1. The lowest BCUT2D eigenvalue weighted by Crippen LogP contribution is -2.32. The van der Waals surface area contributed by atoms with Crippen LogP contribution in [0.3, 0.4) is 0 Å². The van der Waals surface area contributed by atoms with Crippen LogP contribution in [0.25, 0.3) is 33.9 Å². The number of benzene rings is 2. The third-order valence-electron chi connectivity index (χ3n) is 5.93. The van der Waals surface area contributed by atoms with Crippen LogP contribution in [0.1, 0.15) is 41.8 Å². The number of rotatable bonds is 5. The van der Waals surface area contributed by atoms with Gasteiger partial charge >= 0.3 is 0 Å². The molecule has 1 saturated carbocycles. The van der Waals surface area contributed by atoms with Gasteiger partial charge in [0.2, 0.25) is 0 Å². The first-order valence-corrected chi connectivity index (χ1v) is 10.8. The van der Waals surface area contributed by atoms with Gasteiger partial charge in [0.15, 0.2) is 0 Å². The van der Waals surface area contributed by atoms with Crippen molar-refractivity contribution in [3.63, 3.8) is 0 Å². The van der Waals surface area contributed by atoms with Crippen molar-refractivity contribution >= 4 is 5.91 Å². The monoisotopic (exact) mass is 430 g/mol. The molecule has 1 aliphatic rings. The minimum Gasteiger partial charge on any atom is -0.360 e. The van der Waals surface area contributed by atoms with Gasteiger partial charge < -0.3 is 14.8 Å². The number of nitrogens with zero attached hydrogens (tertiary/aromatic N) is 2. The summed E-state index contributed by atoms with van der Waals surface area (Å²) in [6.45, 7) is 1.82. The minimum atomic E-state index is -0.307. The van der Waals surface area contributed by atoms with Crippen molar-refractivity contribution in [2.45, 2.75) is 38.6 Å². The van der Waals surface area contributed by atoms with E-state index in [1.165, 1.54) is 25.0 Å². The Balaban J connectivity index is 1.38. The lowest BCUT2D eigenvalue weighted by Gasteiger charge is -2.11. The molecule has 6 nitrogen and oxygen atoms in total. The number of hydrogen-bond acceptors (Lipinski definition) is 4. The van der Waals surface area contributed by atoms with E-state index in [1.807, 2.05) is 31.2 Å². The van der Waals surface area contributed by atoms with Crippen LogP contribution in [-0.2, 0) is 0 Å². The molecule has 162 valence electrons. The molecule has 1 aliphatic carbocycles. The van der Waals surface area contributed by atoms with E-state index in [-0.39, 0.29) is 17.8 Å². The standard InChI is InChI=1S/C25H23FN4O2/c1-15-22(23(30-32-15)16-10-12-19(26)13-11-16)21-14-27-24(29-21)17-6-8-18(9-7-17)25(31)28-20-4-2-3-5-20/h6-14,20H,2-5H2,1H3,(H,27,29)(H,28,31). The van der Waals surface area contributed by atoms with E-state index >= 15 is 0 Å². The molecule has 1 fully saturated rings. The van der Waals surface area contributed by atoms with Crippen molar-refractivity contribution in [3.05, 3.63) is 71.9 Å². The quantitative estimate of drug-likeness (QED) is 0.437. The Kier molecular flexibility index (Phi) is 5.31. The Bertz CT molecular complexity index is 1240. The second kappa shape index (κ2) is 8.42. The number of imidazole rings is 1. The number of aromatic amines is 1. The maximum Gasteiger partial charge on any atom is 0.251 e. The van der Waals surface area contributed by atoms with Crippen LogP contribution in [0.5, 0.6) is 0 Å². The second-order valence-electron chi connectivity index (χ2n) is 8.14. The maximum atomic E-state index is 13.3. The number of carbonyl (C=O) groups excluding carboxylic acids is 1. The Morgan fingerprint density at radius 2 is 1.75 bits per heavy atom. The Hall–Kier alpha value is -3.74. The summed E-state index contributed by atoms with van der Waals surface area (Å²) in [7, 11) is 0. The van der Waals surface area contributed by atoms with Crippen molar-refractivity contribution in [2.75, 3.05) is 0 Å². The summed E-state index contributed by atoms with van der Waals surface area (Å²) < 4.78 is 18.7. The minimum absolute atomic E-state index is 0.0346. The predicted molar refractivity (Wildman–Crippen MR) is 119 cm³/mol. The summed E-state index contributed by atoms with van der Waals surface area (Å²) in [5.41, 5.74) is 4.31. The van der Waals surface area contributed by atoms with Gasteiger partial charge in [-0.05, 0) is 56.2 Å². The van der Waals surface area contributed by atoms with E-state index in [0.29, 0.717) is 28.5 Å². The molecule has 0 atom stereocenters. The molecule has 5 rings (SSSR count). The zero-order valence-electron chi connectivity index (χ0n) is 17.7. The molecule has 0 spiro atoms. The number of carbonyl (C=O) groups is 1. The number of hydrogen-bond donors (Lipinski definition) is 2. The molecule has 2 N–H and O–H groups in total. The van der Waals surface area contributed by atoms with Crippen molar-refractivity contribution in [2.24, 2.45) is 0 Å². The van der Waals surface area contributed by atoms with E-state index < -0.39 is 0 Å². The van der Waals surface area contributed by atoms with Crippen LogP contribution in [0.2, 0.25) is 0 Å². The van der Waals surface area contributed by atoms with Crippen molar-refractivity contribution in [1.82, 2.24) is 20.4 Å². The number of aromatic nitrogens is 3. The van der Waals surface area contributed by atoms with Gasteiger partial charge in [0.1, 0.15) is 23.1 Å². The van der Waals surface area contributed by atoms with E-state index in [1.54, 1.807) is 18.3 Å². The average molecular weight is 430 g/mol. The second-order valence-corrected chi connectivity index (χ2v) is 8.14. The Morgan fingerprint density at radius 1 is 1.06 bits per heavy atom. The number of aryl methyl sites for hydroxylation is 1. The number of halogens is 1. The van der Waals surface area contributed by atoms with Gasteiger partial charge in [-0.2, -0.15) is 0 Å². The smallest absolute Gasteiger partial charge is 0.251 e. The lowest BCUT2D eigenvalue weighted by molar-refractivity contribution is 0.0938. The Morgan fingerprint density at radius 3 is 2.47 bits per heavy atom. The van der Waals surface area contributed by atoms with E-state index in [4.69, 9.17) is 9.51 Å². The third kappa shape index (κ3) is 3.93. The molecular formula is C25H23FN4O2. The van der Waals surface area contributed by atoms with Crippen LogP contribution in [0.15, 0.2) is 59.3 Å². The number of H-pyrrole nitrogens is 1. The highest BCUT2D eigenvalue weighted by Gasteiger charge is 2.20. The number of amides is 1. The first kappa shape index (κ1) is 20.2. The van der Waals surface area contributed by atoms with Crippen LogP contribution in [0, 0.1) is 12.7 Å². The predicted octanol–water partition coefficient (Wildman–Crippen LogP) is 5.52. The first-order valence-electron chi connectivity index (χ1n) is 10.8. The molecule has 2 heterocycles. The van der Waals surface area contributed by atoms with Gasteiger partial charge in [-0.3, -0.25) is 4.79 Å². The summed E-state index contributed by atoms with van der Waals surface area (Å²) >= 11 is 0. The molecule has 0 saturated heterocycles. The molecule has 0 radical (unpaired) electrons. The van der Waals surface area contributed by atoms with Gasteiger partial charge in [0.25, 0.3) is 5.91 Å². The molecule has 0 bridgehead atoms. The van der Waals surface area contributed by atoms with Gasteiger partial charge in [-0.25, -0.2) is 9.37 Å². The summed E-state index contributed by atoms with van der Waals surface area (Å²) in [6, 6.07) is 13.8. The average Bonchev–Trinajstić information content (AvgIpc) is 3.56. The van der Waals surface area contributed by atoms with Crippen molar-refractivity contribution in [1.29, 1.82) is 0 Å². The molecule has 0 aliphatic heterocycles. The van der Waals surface area contributed by atoms with E-state index in [9.17, 15) is 9.18 Å². The topological polar surface area (TPSA) is 83.8 Å². The molecule has 7 heteroatoms. The fraction of sp³-hybridized carbons (Fsp3) is 0.240. The lowest BCUT2D eigenvalue weighted by atomic mass is 10.0. The van der Waals surface area contributed by atoms with Gasteiger partial charge in [0, 0.05) is 28.9 Å². The van der Waals surface area contributed by atoms with Gasteiger partial charge in [0.05, 0.1) is 11.3 Å². The van der Waals surface area contributed by atoms with E-state index in [2.05, 4.69) is 15.5 Å². The fourth-order valence-corrected chi connectivity index (χ4v) is 4.19. The summed E-state index contributed by atoms with van der Waals surface area (Å²) in [6.07, 6.45) is 6.27. The third-order valence-corrected chi connectivity index (χ3v) is 5.93. The summed E-state index contributed by atoms with van der Waals surface area (Å²) in [4.78, 5) is 20.4. The van der Waals surface area contributed by atoms with Gasteiger partial charge in [-0.1, -0.05) is 30.1 Å². The molecule has 32 heavy (non-hydrogen) atoms. The van der Waals surface area contributed by atoms with E-state index in [0.717, 1.165) is 29.5 Å². The number of nitrogens with one attached hydrogen (secondary N) is 2. The van der Waals surface area contributed by atoms with Crippen LogP contribution >= 0.6 is 0 Å². The zero-order chi connectivity index (χ0) is 22.1. The summed E-state index contributed by atoms with van der Waals surface area (Å²) in [5.74, 6) is 0.959. The molecule has 0 unspecified atom stereocenters. The maximum absolute atomic E-state index is 13.3. The molecule has 1 amide bonds. The van der Waals surface area contributed by atoms with Crippen molar-refractivity contribution < 1.29 is 13.7 Å². The zero-order valence-corrected chi connectivity index (χ0v) is 17.7. The fourth-order valence-electron chi connectivity index (χ4n) is 4.19. The largest absolute Gasteiger partial charge is 0.360 e. The summed E-state index contributed by atoms with van der Waals surface area (Å²) in [5, 5.41) is 7.26. The van der Waals surface area contributed by atoms with Gasteiger partial charge in [-0.15, -0.1) is 0 Å². The van der Waals surface area contributed by atoms with Crippen LogP contribution < -0.4 is 5.32 Å². The normalized spacial score (nSPS) is 14.1. The highest BCUT2D eigenvalue weighted by molar-refractivity contribution is 5.94. The molecule has 4 aromatic rings. The molecule has 2 aromatic carbocycles.